The van der Waals surface area contributed by atoms with E-state index in [1.54, 1.807) is 24.7 Å². The lowest BCUT2D eigenvalue weighted by molar-refractivity contribution is 0.0947. The first-order chi connectivity index (χ1) is 12.3. The summed E-state index contributed by atoms with van der Waals surface area (Å²) in [7, 11) is 0. The summed E-state index contributed by atoms with van der Waals surface area (Å²) in [5.41, 5.74) is 1.61. The zero-order chi connectivity index (χ0) is 17.5. The highest BCUT2D eigenvalue weighted by Crippen LogP contribution is 2.12. The molecule has 1 N–H and O–H groups in total. The van der Waals surface area contributed by atoms with Gasteiger partial charge in [-0.05, 0) is 24.6 Å². The van der Waals surface area contributed by atoms with E-state index in [1.165, 1.54) is 5.56 Å². The Balaban J connectivity index is 1.62. The van der Waals surface area contributed by atoms with Crippen LogP contribution in [0.1, 0.15) is 28.6 Å². The van der Waals surface area contributed by atoms with Crippen LogP contribution in [0.5, 0.6) is 0 Å². The van der Waals surface area contributed by atoms with Crippen molar-refractivity contribution in [3.05, 3.63) is 78.0 Å². The van der Waals surface area contributed by atoms with Crippen LogP contribution < -0.4 is 10.2 Å². The maximum Gasteiger partial charge on any atom is 0.254 e. The lowest BCUT2D eigenvalue weighted by Crippen LogP contribution is -2.26. The highest BCUT2D eigenvalue weighted by atomic mass is 16.3. The Morgan fingerprint density at radius 1 is 1.12 bits per heavy atom. The van der Waals surface area contributed by atoms with Gasteiger partial charge in [-0.3, -0.25) is 4.79 Å². The Kier molecular flexibility index (Phi) is 5.41. The van der Waals surface area contributed by atoms with E-state index in [0.29, 0.717) is 23.8 Å². The molecule has 0 saturated heterocycles. The fourth-order valence-corrected chi connectivity index (χ4v) is 2.41. The van der Waals surface area contributed by atoms with Crippen molar-refractivity contribution in [3.63, 3.8) is 0 Å². The van der Waals surface area contributed by atoms with Gasteiger partial charge in [0.15, 0.2) is 0 Å². The first kappa shape index (κ1) is 16.7. The van der Waals surface area contributed by atoms with Crippen molar-refractivity contribution in [2.45, 2.75) is 20.0 Å². The van der Waals surface area contributed by atoms with Crippen LogP contribution in [0.4, 0.5) is 5.95 Å². The molecule has 0 unspecified atom stereocenters. The number of carbonyl (C=O) groups excluding carboxylic acids is 1. The first-order valence-electron chi connectivity index (χ1n) is 8.17. The van der Waals surface area contributed by atoms with E-state index < -0.39 is 0 Å². The Hall–Kier alpha value is -3.15. The highest BCUT2D eigenvalue weighted by molar-refractivity contribution is 5.93. The number of nitrogens with zero attached hydrogens (tertiary/aromatic N) is 3. The molecule has 0 saturated carbocycles. The molecule has 0 spiro atoms. The number of carbonyl (C=O) groups is 1. The third-order valence-corrected chi connectivity index (χ3v) is 3.78. The Bertz CT molecular complexity index is 786. The van der Waals surface area contributed by atoms with Gasteiger partial charge in [-0.2, -0.15) is 0 Å². The van der Waals surface area contributed by atoms with E-state index in [9.17, 15) is 4.79 Å². The molecule has 0 bridgehead atoms. The van der Waals surface area contributed by atoms with Gasteiger partial charge in [-0.25, -0.2) is 9.97 Å². The van der Waals surface area contributed by atoms with Crippen molar-refractivity contribution < 1.29 is 9.21 Å². The second-order valence-corrected chi connectivity index (χ2v) is 5.53. The largest absolute Gasteiger partial charge is 0.467 e. The van der Waals surface area contributed by atoms with Crippen LogP contribution in [0.25, 0.3) is 0 Å². The number of hydrogen-bond acceptors (Lipinski definition) is 5. The summed E-state index contributed by atoms with van der Waals surface area (Å²) in [5.74, 6) is 1.08. The van der Waals surface area contributed by atoms with Gasteiger partial charge in [0, 0.05) is 25.5 Å². The summed E-state index contributed by atoms with van der Waals surface area (Å²) in [6, 6.07) is 13.7. The van der Waals surface area contributed by atoms with Crippen molar-refractivity contribution in [2.75, 3.05) is 11.4 Å². The minimum atomic E-state index is -0.228. The van der Waals surface area contributed by atoms with Gasteiger partial charge < -0.3 is 14.6 Å². The van der Waals surface area contributed by atoms with Gasteiger partial charge >= 0.3 is 0 Å². The summed E-state index contributed by atoms with van der Waals surface area (Å²) < 4.78 is 5.19. The third-order valence-electron chi connectivity index (χ3n) is 3.78. The normalized spacial score (nSPS) is 10.4. The SMILES string of the molecule is CCN(Cc1ccccc1)c1ncc(C(=O)NCc2ccco2)cn1. The molecule has 0 aliphatic heterocycles. The van der Waals surface area contributed by atoms with E-state index >= 15 is 0 Å². The van der Waals surface area contributed by atoms with Crippen molar-refractivity contribution in [2.24, 2.45) is 0 Å². The second-order valence-electron chi connectivity index (χ2n) is 5.53. The average molecular weight is 336 g/mol. The van der Waals surface area contributed by atoms with Crippen LogP contribution in [0, 0.1) is 0 Å². The van der Waals surface area contributed by atoms with Crippen LogP contribution in [0.15, 0.2) is 65.5 Å². The molecule has 3 aromatic rings. The second kappa shape index (κ2) is 8.10. The van der Waals surface area contributed by atoms with Crippen LogP contribution >= 0.6 is 0 Å². The van der Waals surface area contributed by atoms with E-state index in [2.05, 4.69) is 39.2 Å². The van der Waals surface area contributed by atoms with E-state index in [1.807, 2.05) is 24.3 Å². The standard InChI is InChI=1S/C19H20N4O2/c1-2-23(14-15-7-4-3-5-8-15)19-21-11-16(12-22-19)18(24)20-13-17-9-6-10-25-17/h3-12H,2,13-14H2,1H3,(H,20,24). The molecule has 6 heteroatoms. The number of benzene rings is 1. The average Bonchev–Trinajstić information content (AvgIpc) is 3.19. The van der Waals surface area contributed by atoms with E-state index in [0.717, 1.165) is 13.1 Å². The Labute approximate surface area is 146 Å². The molecule has 6 nitrogen and oxygen atoms in total. The van der Waals surface area contributed by atoms with Gasteiger partial charge in [-0.1, -0.05) is 30.3 Å². The van der Waals surface area contributed by atoms with Gasteiger partial charge in [0.2, 0.25) is 5.95 Å². The van der Waals surface area contributed by atoms with E-state index in [-0.39, 0.29) is 5.91 Å². The molecule has 2 heterocycles. The lowest BCUT2D eigenvalue weighted by atomic mass is 10.2. The van der Waals surface area contributed by atoms with Crippen molar-refractivity contribution in [3.8, 4) is 0 Å². The maximum atomic E-state index is 12.1. The predicted octanol–water partition coefficient (Wildman–Crippen LogP) is 3.03. The summed E-state index contributed by atoms with van der Waals surface area (Å²) in [6.07, 6.45) is 4.67. The summed E-state index contributed by atoms with van der Waals surface area (Å²) in [6.45, 7) is 3.89. The quantitative estimate of drug-likeness (QED) is 0.718. The monoisotopic (exact) mass is 336 g/mol. The number of nitrogens with one attached hydrogen (secondary N) is 1. The maximum absolute atomic E-state index is 12.1. The topological polar surface area (TPSA) is 71.3 Å². The van der Waals surface area contributed by atoms with Gasteiger partial charge in [-0.15, -0.1) is 0 Å². The molecule has 0 radical (unpaired) electrons. The lowest BCUT2D eigenvalue weighted by Gasteiger charge is -2.20. The molecule has 0 aliphatic carbocycles. The molecule has 1 aromatic carbocycles. The Morgan fingerprint density at radius 2 is 1.88 bits per heavy atom. The molecular weight excluding hydrogens is 316 g/mol. The molecule has 0 aliphatic rings. The first-order valence-corrected chi connectivity index (χ1v) is 8.17. The smallest absolute Gasteiger partial charge is 0.254 e. The van der Waals surface area contributed by atoms with Crippen molar-refractivity contribution in [1.29, 1.82) is 0 Å². The summed E-state index contributed by atoms with van der Waals surface area (Å²) in [4.78, 5) is 22.9. The number of aromatic nitrogens is 2. The van der Waals surface area contributed by atoms with Crippen LogP contribution in [0.2, 0.25) is 0 Å². The molecule has 1 amide bonds. The van der Waals surface area contributed by atoms with E-state index in [4.69, 9.17) is 4.42 Å². The van der Waals surface area contributed by atoms with Gasteiger partial charge in [0.05, 0.1) is 18.4 Å². The molecule has 25 heavy (non-hydrogen) atoms. The van der Waals surface area contributed by atoms with Crippen molar-refractivity contribution in [1.82, 2.24) is 15.3 Å². The molecule has 3 rings (SSSR count). The zero-order valence-electron chi connectivity index (χ0n) is 14.1. The number of hydrogen-bond donors (Lipinski definition) is 1. The van der Waals surface area contributed by atoms with Gasteiger partial charge in [0.25, 0.3) is 5.91 Å². The molecule has 0 fully saturated rings. The minimum absolute atomic E-state index is 0.228. The fraction of sp³-hybridized carbons (Fsp3) is 0.211. The minimum Gasteiger partial charge on any atom is -0.467 e. The molecule has 2 aromatic heterocycles. The summed E-state index contributed by atoms with van der Waals surface area (Å²) >= 11 is 0. The zero-order valence-corrected chi connectivity index (χ0v) is 14.1. The molecule has 128 valence electrons. The summed E-state index contributed by atoms with van der Waals surface area (Å²) in [5, 5.41) is 2.78. The number of rotatable bonds is 7. The van der Waals surface area contributed by atoms with Crippen LogP contribution in [-0.4, -0.2) is 22.4 Å². The predicted molar refractivity (Wildman–Crippen MR) is 95.1 cm³/mol. The molecule has 0 atom stereocenters. The molecular formula is C19H20N4O2. The third kappa shape index (κ3) is 4.44. The number of amides is 1. The number of furan rings is 1. The van der Waals surface area contributed by atoms with Crippen LogP contribution in [0.3, 0.4) is 0 Å². The van der Waals surface area contributed by atoms with Gasteiger partial charge in [0.1, 0.15) is 5.76 Å². The highest BCUT2D eigenvalue weighted by Gasteiger charge is 2.11. The Morgan fingerprint density at radius 3 is 2.52 bits per heavy atom. The van der Waals surface area contributed by atoms with Crippen molar-refractivity contribution >= 4 is 11.9 Å². The van der Waals surface area contributed by atoms with Crippen LogP contribution in [-0.2, 0) is 13.1 Å². The fourth-order valence-electron chi connectivity index (χ4n) is 2.41. The number of anilines is 1.